The highest BCUT2D eigenvalue weighted by molar-refractivity contribution is 8.26. The zero-order chi connectivity index (χ0) is 21.3. The summed E-state index contributed by atoms with van der Waals surface area (Å²) in [4.78, 5) is 29.9. The molecule has 158 valence electrons. The minimum atomic E-state index is -0.0376. The summed E-state index contributed by atoms with van der Waals surface area (Å²) in [6.45, 7) is 6.67. The Balaban J connectivity index is 1.73. The quantitative estimate of drug-likeness (QED) is 0.508. The van der Waals surface area contributed by atoms with Gasteiger partial charge < -0.3 is 9.47 Å². The Morgan fingerprint density at radius 1 is 1.20 bits per heavy atom. The molecule has 5 nitrogen and oxygen atoms in total. The second-order valence-corrected chi connectivity index (χ2v) is 9.42. The molecule has 0 N–H and O–H groups in total. The van der Waals surface area contributed by atoms with Crippen LogP contribution >= 0.6 is 24.0 Å². The Labute approximate surface area is 187 Å². The molecule has 2 aliphatic rings. The van der Waals surface area contributed by atoms with Gasteiger partial charge in [-0.1, -0.05) is 49.1 Å². The van der Waals surface area contributed by atoms with E-state index in [-0.39, 0.29) is 11.8 Å². The van der Waals surface area contributed by atoms with E-state index < -0.39 is 0 Å². The van der Waals surface area contributed by atoms with Crippen LogP contribution < -0.4 is 0 Å². The van der Waals surface area contributed by atoms with E-state index in [2.05, 4.69) is 23.6 Å². The van der Waals surface area contributed by atoms with Crippen molar-refractivity contribution in [2.45, 2.75) is 46.1 Å². The molecule has 1 aromatic carbocycles. The van der Waals surface area contributed by atoms with Crippen LogP contribution in [0.2, 0.25) is 0 Å². The van der Waals surface area contributed by atoms with Gasteiger partial charge >= 0.3 is 0 Å². The lowest BCUT2D eigenvalue weighted by molar-refractivity contribution is -0.132. The molecule has 0 bridgehead atoms. The van der Waals surface area contributed by atoms with Crippen LogP contribution in [-0.4, -0.2) is 50.1 Å². The SMILES string of the molecule is CCc1cccc2c(/C=C3\SC(=S)N(CC)C3=O)cn(CC(=O)N3CCCCC3)c12. The summed E-state index contributed by atoms with van der Waals surface area (Å²) in [5.74, 6) is 0.130. The third-order valence-corrected chi connectivity index (χ3v) is 7.26. The van der Waals surface area contributed by atoms with Crippen LogP contribution in [0.15, 0.2) is 29.3 Å². The van der Waals surface area contributed by atoms with Gasteiger partial charge in [0.2, 0.25) is 5.91 Å². The summed E-state index contributed by atoms with van der Waals surface area (Å²) in [6, 6.07) is 6.24. The lowest BCUT2D eigenvalue weighted by Crippen LogP contribution is -2.37. The number of thioether (sulfide) groups is 1. The molecule has 0 radical (unpaired) electrons. The minimum absolute atomic E-state index is 0.0376. The van der Waals surface area contributed by atoms with Crippen LogP contribution in [0.3, 0.4) is 0 Å². The fourth-order valence-electron chi connectivity index (χ4n) is 4.29. The summed E-state index contributed by atoms with van der Waals surface area (Å²) in [6.07, 6.45) is 8.21. The number of thiocarbonyl (C=S) groups is 1. The van der Waals surface area contributed by atoms with Crippen molar-refractivity contribution in [3.05, 3.63) is 40.4 Å². The Morgan fingerprint density at radius 3 is 2.63 bits per heavy atom. The summed E-state index contributed by atoms with van der Waals surface area (Å²) < 4.78 is 2.67. The molecule has 0 unspecified atom stereocenters. The van der Waals surface area contributed by atoms with E-state index in [1.807, 2.05) is 30.2 Å². The highest BCUT2D eigenvalue weighted by Crippen LogP contribution is 2.35. The molecule has 30 heavy (non-hydrogen) atoms. The molecule has 2 aromatic rings. The first kappa shape index (κ1) is 21.1. The number of piperidine rings is 1. The Bertz CT molecular complexity index is 1030. The van der Waals surface area contributed by atoms with E-state index in [1.54, 1.807) is 4.90 Å². The average molecular weight is 442 g/mol. The van der Waals surface area contributed by atoms with E-state index in [9.17, 15) is 9.59 Å². The van der Waals surface area contributed by atoms with E-state index >= 15 is 0 Å². The number of nitrogens with zero attached hydrogens (tertiary/aromatic N) is 3. The number of fused-ring (bicyclic) bond motifs is 1. The number of amides is 2. The van der Waals surface area contributed by atoms with E-state index in [0.29, 0.717) is 22.3 Å². The summed E-state index contributed by atoms with van der Waals surface area (Å²) >= 11 is 6.70. The third-order valence-electron chi connectivity index (χ3n) is 5.88. The highest BCUT2D eigenvalue weighted by Gasteiger charge is 2.31. The number of benzene rings is 1. The summed E-state index contributed by atoms with van der Waals surface area (Å²) in [5, 5.41) is 1.07. The van der Waals surface area contributed by atoms with Crippen LogP contribution in [-0.2, 0) is 22.6 Å². The normalized spacial score (nSPS) is 18.8. The molecule has 0 spiro atoms. The van der Waals surface area contributed by atoms with Gasteiger partial charge in [0.1, 0.15) is 10.9 Å². The molecule has 0 aliphatic carbocycles. The summed E-state index contributed by atoms with van der Waals surface area (Å²) in [5.41, 5.74) is 3.26. The van der Waals surface area contributed by atoms with Crippen LogP contribution in [0.4, 0.5) is 0 Å². The zero-order valence-electron chi connectivity index (χ0n) is 17.5. The maximum absolute atomic E-state index is 12.9. The number of likely N-dealkylation sites (N-methyl/N-ethyl adjacent to an activating group) is 1. The molecule has 2 saturated heterocycles. The largest absolute Gasteiger partial charge is 0.341 e. The van der Waals surface area contributed by atoms with Gasteiger partial charge in [-0.05, 0) is 44.2 Å². The molecule has 3 heterocycles. The third kappa shape index (κ3) is 3.93. The molecule has 1 aromatic heterocycles. The van der Waals surface area contributed by atoms with Crippen LogP contribution in [0.5, 0.6) is 0 Å². The zero-order valence-corrected chi connectivity index (χ0v) is 19.2. The van der Waals surface area contributed by atoms with Gasteiger partial charge in [0, 0.05) is 36.8 Å². The van der Waals surface area contributed by atoms with Crippen LogP contribution in [0.1, 0.15) is 44.2 Å². The fourth-order valence-corrected chi connectivity index (χ4v) is 5.67. The smallest absolute Gasteiger partial charge is 0.266 e. The van der Waals surface area contributed by atoms with Crippen molar-refractivity contribution in [3.63, 3.8) is 0 Å². The summed E-state index contributed by atoms with van der Waals surface area (Å²) in [7, 11) is 0. The van der Waals surface area contributed by atoms with Gasteiger partial charge in [0.25, 0.3) is 5.91 Å². The number of hydrogen-bond donors (Lipinski definition) is 0. The first-order chi connectivity index (χ1) is 14.5. The number of aryl methyl sites for hydroxylation is 1. The Kier molecular flexibility index (Phi) is 6.29. The van der Waals surface area contributed by atoms with Gasteiger partial charge in [-0.3, -0.25) is 14.5 Å². The number of likely N-dealkylation sites (tertiary alicyclic amines) is 1. The van der Waals surface area contributed by atoms with E-state index in [1.165, 1.54) is 23.7 Å². The molecule has 0 saturated carbocycles. The minimum Gasteiger partial charge on any atom is -0.341 e. The van der Waals surface area contributed by atoms with Crippen molar-refractivity contribution in [1.29, 1.82) is 0 Å². The molecular formula is C23H27N3O2S2. The van der Waals surface area contributed by atoms with Crippen molar-refractivity contribution < 1.29 is 9.59 Å². The standard InChI is InChI=1S/C23H27N3O2S2/c1-3-16-9-8-10-18-17(13-19-22(28)26(4-2)23(29)30-19)14-25(21(16)18)15-20(27)24-11-6-5-7-12-24/h8-10,13-14H,3-7,11-12,15H2,1-2H3/b19-13-. The van der Waals surface area contributed by atoms with Crippen molar-refractivity contribution in [3.8, 4) is 0 Å². The Morgan fingerprint density at radius 2 is 1.97 bits per heavy atom. The lowest BCUT2D eigenvalue weighted by Gasteiger charge is -2.27. The number of carbonyl (C=O) groups is 2. The van der Waals surface area contributed by atoms with Crippen molar-refractivity contribution in [1.82, 2.24) is 14.4 Å². The first-order valence-electron chi connectivity index (χ1n) is 10.7. The number of aromatic nitrogens is 1. The number of hydrogen-bond acceptors (Lipinski definition) is 4. The second kappa shape index (κ2) is 8.94. The molecule has 2 amide bonds. The number of rotatable bonds is 5. The fraction of sp³-hybridized carbons (Fsp3) is 0.435. The van der Waals surface area contributed by atoms with Crippen molar-refractivity contribution in [2.24, 2.45) is 0 Å². The second-order valence-electron chi connectivity index (χ2n) is 7.75. The predicted octanol–water partition coefficient (Wildman–Crippen LogP) is 4.44. The van der Waals surface area contributed by atoms with Crippen molar-refractivity contribution in [2.75, 3.05) is 19.6 Å². The molecule has 2 aliphatic heterocycles. The lowest BCUT2D eigenvalue weighted by atomic mass is 10.1. The number of para-hydroxylation sites is 1. The van der Waals surface area contributed by atoms with Crippen LogP contribution in [0.25, 0.3) is 17.0 Å². The molecule has 4 rings (SSSR count). The van der Waals surface area contributed by atoms with Gasteiger partial charge in [0.15, 0.2) is 0 Å². The van der Waals surface area contributed by atoms with Crippen LogP contribution in [0, 0.1) is 0 Å². The molecular weight excluding hydrogens is 414 g/mol. The molecule has 0 atom stereocenters. The van der Waals surface area contributed by atoms with E-state index in [4.69, 9.17) is 12.2 Å². The van der Waals surface area contributed by atoms with Gasteiger partial charge in [0.05, 0.1) is 10.4 Å². The topological polar surface area (TPSA) is 45.6 Å². The predicted molar refractivity (Wildman–Crippen MR) is 127 cm³/mol. The average Bonchev–Trinajstić information content (AvgIpc) is 3.24. The highest BCUT2D eigenvalue weighted by atomic mass is 32.2. The van der Waals surface area contributed by atoms with Gasteiger partial charge in [-0.15, -0.1) is 0 Å². The maximum Gasteiger partial charge on any atom is 0.266 e. The van der Waals surface area contributed by atoms with Gasteiger partial charge in [-0.25, -0.2) is 0 Å². The molecule has 2 fully saturated rings. The van der Waals surface area contributed by atoms with Gasteiger partial charge in [-0.2, -0.15) is 0 Å². The first-order valence-corrected chi connectivity index (χ1v) is 11.9. The van der Waals surface area contributed by atoms with Crippen molar-refractivity contribution >= 4 is 57.1 Å². The number of carbonyl (C=O) groups excluding carboxylic acids is 2. The molecule has 7 heteroatoms. The van der Waals surface area contributed by atoms with E-state index in [0.717, 1.165) is 48.8 Å². The maximum atomic E-state index is 12.9. The Hall–Kier alpha value is -2.12. The monoisotopic (exact) mass is 441 g/mol.